The standard InChI is InChI=1S/C14H16N4O2/c1-9(10-3-5-11(20-2)6-4-10)18-14-12(7-19)13(15)16-8-17-14/h3-9H,1-2H3,(H3,15,16,17,18). The van der Waals surface area contributed by atoms with E-state index in [9.17, 15) is 4.79 Å². The number of hydrogen-bond acceptors (Lipinski definition) is 6. The third-order valence-corrected chi connectivity index (χ3v) is 3.00. The van der Waals surface area contributed by atoms with E-state index in [0.717, 1.165) is 11.3 Å². The minimum absolute atomic E-state index is 0.0334. The van der Waals surface area contributed by atoms with Gasteiger partial charge in [-0.1, -0.05) is 12.1 Å². The lowest BCUT2D eigenvalue weighted by Gasteiger charge is -2.16. The molecule has 1 unspecified atom stereocenters. The largest absolute Gasteiger partial charge is 0.497 e. The molecule has 3 N–H and O–H groups in total. The van der Waals surface area contributed by atoms with Crippen LogP contribution >= 0.6 is 0 Å². The van der Waals surface area contributed by atoms with Crippen LogP contribution in [-0.4, -0.2) is 23.4 Å². The topological polar surface area (TPSA) is 90.1 Å². The number of methoxy groups -OCH3 is 1. The summed E-state index contributed by atoms with van der Waals surface area (Å²) >= 11 is 0. The SMILES string of the molecule is COc1ccc(C(C)Nc2ncnc(N)c2C=O)cc1. The molecule has 0 bridgehead atoms. The molecule has 0 saturated heterocycles. The number of aromatic nitrogens is 2. The van der Waals surface area contributed by atoms with Crippen LogP contribution in [0, 0.1) is 0 Å². The predicted octanol–water partition coefficient (Wildman–Crippen LogP) is 2.05. The molecule has 0 saturated carbocycles. The number of anilines is 2. The Morgan fingerprint density at radius 2 is 2.00 bits per heavy atom. The molecule has 0 aliphatic carbocycles. The maximum Gasteiger partial charge on any atom is 0.157 e. The van der Waals surface area contributed by atoms with Gasteiger partial charge < -0.3 is 15.8 Å². The number of nitrogens with two attached hydrogens (primary N) is 1. The van der Waals surface area contributed by atoms with E-state index in [0.29, 0.717) is 12.1 Å². The van der Waals surface area contributed by atoms with Gasteiger partial charge in [0.25, 0.3) is 0 Å². The third kappa shape index (κ3) is 2.85. The van der Waals surface area contributed by atoms with Crippen LogP contribution in [0.5, 0.6) is 5.75 Å². The molecule has 6 heteroatoms. The van der Waals surface area contributed by atoms with Gasteiger partial charge in [-0.2, -0.15) is 0 Å². The van der Waals surface area contributed by atoms with Gasteiger partial charge in [0.2, 0.25) is 0 Å². The van der Waals surface area contributed by atoms with Gasteiger partial charge in [0.15, 0.2) is 6.29 Å². The molecule has 0 fully saturated rings. The lowest BCUT2D eigenvalue weighted by molar-refractivity contribution is 0.112. The molecular formula is C14H16N4O2. The van der Waals surface area contributed by atoms with E-state index in [1.807, 2.05) is 31.2 Å². The first-order valence-electron chi connectivity index (χ1n) is 6.12. The second kappa shape index (κ2) is 6.01. The summed E-state index contributed by atoms with van der Waals surface area (Å²) < 4.78 is 5.12. The summed E-state index contributed by atoms with van der Waals surface area (Å²) in [5, 5.41) is 3.15. The van der Waals surface area contributed by atoms with E-state index in [1.165, 1.54) is 6.33 Å². The van der Waals surface area contributed by atoms with Crippen molar-refractivity contribution in [3.8, 4) is 5.75 Å². The Hall–Kier alpha value is -2.63. The zero-order valence-corrected chi connectivity index (χ0v) is 11.3. The van der Waals surface area contributed by atoms with E-state index in [4.69, 9.17) is 10.5 Å². The molecule has 2 rings (SSSR count). The summed E-state index contributed by atoms with van der Waals surface area (Å²) in [7, 11) is 1.62. The van der Waals surface area contributed by atoms with Gasteiger partial charge in [-0.3, -0.25) is 4.79 Å². The van der Waals surface area contributed by atoms with E-state index in [1.54, 1.807) is 7.11 Å². The fourth-order valence-corrected chi connectivity index (χ4v) is 1.82. The quantitative estimate of drug-likeness (QED) is 0.810. The number of nitrogens with zero attached hydrogens (tertiary/aromatic N) is 2. The maximum atomic E-state index is 11.0. The fourth-order valence-electron chi connectivity index (χ4n) is 1.82. The molecule has 0 aliphatic rings. The highest BCUT2D eigenvalue weighted by Gasteiger charge is 2.12. The van der Waals surface area contributed by atoms with Crippen molar-refractivity contribution in [3.63, 3.8) is 0 Å². The Bertz CT molecular complexity index is 599. The molecule has 1 aromatic heterocycles. The van der Waals surface area contributed by atoms with E-state index >= 15 is 0 Å². The molecule has 0 amide bonds. The van der Waals surface area contributed by atoms with Crippen LogP contribution in [0.25, 0.3) is 0 Å². The number of carbonyl (C=O) groups is 1. The molecular weight excluding hydrogens is 256 g/mol. The van der Waals surface area contributed by atoms with Crippen LogP contribution in [0.15, 0.2) is 30.6 Å². The number of hydrogen-bond donors (Lipinski definition) is 2. The number of aldehydes is 1. The van der Waals surface area contributed by atoms with Gasteiger partial charge in [-0.15, -0.1) is 0 Å². The number of carbonyl (C=O) groups excluding carboxylic acids is 1. The molecule has 1 aromatic carbocycles. The maximum absolute atomic E-state index is 11.0. The molecule has 1 atom stereocenters. The smallest absolute Gasteiger partial charge is 0.157 e. The predicted molar refractivity (Wildman–Crippen MR) is 76.9 cm³/mol. The van der Waals surface area contributed by atoms with Crippen molar-refractivity contribution < 1.29 is 9.53 Å². The molecule has 104 valence electrons. The summed E-state index contributed by atoms with van der Waals surface area (Å²) in [6.45, 7) is 1.97. The molecule has 0 aliphatic heterocycles. The highest BCUT2D eigenvalue weighted by Crippen LogP contribution is 2.23. The number of benzene rings is 1. The number of ether oxygens (including phenoxy) is 1. The van der Waals surface area contributed by atoms with E-state index in [-0.39, 0.29) is 17.4 Å². The lowest BCUT2D eigenvalue weighted by atomic mass is 10.1. The van der Waals surface area contributed by atoms with Crippen LogP contribution in [0.2, 0.25) is 0 Å². The first kappa shape index (κ1) is 13.8. The highest BCUT2D eigenvalue weighted by molar-refractivity contribution is 5.88. The van der Waals surface area contributed by atoms with Crippen molar-refractivity contribution in [1.29, 1.82) is 0 Å². The van der Waals surface area contributed by atoms with Crippen LogP contribution in [0.4, 0.5) is 11.6 Å². The van der Waals surface area contributed by atoms with Crippen molar-refractivity contribution in [2.45, 2.75) is 13.0 Å². The Labute approximate surface area is 117 Å². The van der Waals surface area contributed by atoms with Crippen molar-refractivity contribution in [2.24, 2.45) is 0 Å². The monoisotopic (exact) mass is 272 g/mol. The van der Waals surface area contributed by atoms with E-state index in [2.05, 4.69) is 15.3 Å². The molecule has 20 heavy (non-hydrogen) atoms. The Morgan fingerprint density at radius 3 is 2.60 bits per heavy atom. The zero-order chi connectivity index (χ0) is 14.5. The lowest BCUT2D eigenvalue weighted by Crippen LogP contribution is -2.11. The number of nitrogens with one attached hydrogen (secondary N) is 1. The van der Waals surface area contributed by atoms with Gasteiger partial charge in [0, 0.05) is 6.04 Å². The number of rotatable bonds is 5. The second-order valence-corrected chi connectivity index (χ2v) is 4.28. The minimum atomic E-state index is -0.0334. The first-order chi connectivity index (χ1) is 9.65. The van der Waals surface area contributed by atoms with Gasteiger partial charge >= 0.3 is 0 Å². The van der Waals surface area contributed by atoms with Crippen molar-refractivity contribution >= 4 is 17.9 Å². The van der Waals surface area contributed by atoms with Crippen LogP contribution in [0.1, 0.15) is 28.9 Å². The summed E-state index contributed by atoms with van der Waals surface area (Å²) in [4.78, 5) is 18.9. The van der Waals surface area contributed by atoms with Gasteiger partial charge in [-0.05, 0) is 24.6 Å². The normalized spacial score (nSPS) is 11.7. The van der Waals surface area contributed by atoms with Gasteiger partial charge in [0.05, 0.1) is 12.7 Å². The average Bonchev–Trinajstić information content (AvgIpc) is 2.47. The van der Waals surface area contributed by atoms with Crippen LogP contribution in [0.3, 0.4) is 0 Å². The zero-order valence-electron chi connectivity index (χ0n) is 11.3. The van der Waals surface area contributed by atoms with Crippen LogP contribution < -0.4 is 15.8 Å². The van der Waals surface area contributed by atoms with Crippen molar-refractivity contribution in [2.75, 3.05) is 18.2 Å². The first-order valence-corrected chi connectivity index (χ1v) is 6.12. The van der Waals surface area contributed by atoms with Crippen LogP contribution in [-0.2, 0) is 0 Å². The third-order valence-electron chi connectivity index (χ3n) is 3.00. The number of nitrogen functional groups attached to an aromatic ring is 1. The summed E-state index contributed by atoms with van der Waals surface area (Å²) in [6, 6.07) is 7.61. The molecule has 0 radical (unpaired) electrons. The average molecular weight is 272 g/mol. The molecule has 1 heterocycles. The summed E-state index contributed by atoms with van der Waals surface area (Å²) in [5.74, 6) is 1.39. The second-order valence-electron chi connectivity index (χ2n) is 4.28. The van der Waals surface area contributed by atoms with Gasteiger partial charge in [-0.25, -0.2) is 9.97 Å². The Morgan fingerprint density at radius 1 is 1.30 bits per heavy atom. The summed E-state index contributed by atoms with van der Waals surface area (Å²) in [5.41, 5.74) is 6.96. The molecule has 0 spiro atoms. The van der Waals surface area contributed by atoms with E-state index < -0.39 is 0 Å². The van der Waals surface area contributed by atoms with Crippen molar-refractivity contribution in [1.82, 2.24) is 9.97 Å². The Balaban J connectivity index is 2.20. The molecule has 2 aromatic rings. The Kier molecular flexibility index (Phi) is 4.14. The fraction of sp³-hybridized carbons (Fsp3) is 0.214. The highest BCUT2D eigenvalue weighted by atomic mass is 16.5. The minimum Gasteiger partial charge on any atom is -0.497 e. The van der Waals surface area contributed by atoms with Crippen molar-refractivity contribution in [3.05, 3.63) is 41.7 Å². The summed E-state index contributed by atoms with van der Waals surface area (Å²) in [6.07, 6.45) is 1.98. The van der Waals surface area contributed by atoms with Gasteiger partial charge in [0.1, 0.15) is 23.7 Å². The molecule has 6 nitrogen and oxygen atoms in total.